The molecule has 2 aromatic rings. The first-order chi connectivity index (χ1) is 11.2. The maximum absolute atomic E-state index is 4.67. The molecule has 0 aliphatic carbocycles. The van der Waals surface area contributed by atoms with E-state index >= 15 is 0 Å². The van der Waals surface area contributed by atoms with Crippen molar-refractivity contribution in [3.05, 3.63) is 35.8 Å². The number of hydrogen-bond acceptors (Lipinski definition) is 3. The van der Waals surface area contributed by atoms with Crippen LogP contribution in [-0.4, -0.2) is 39.4 Å². The summed E-state index contributed by atoms with van der Waals surface area (Å²) in [6, 6.07) is 4.18. The normalized spacial score (nSPS) is 17.8. The smallest absolute Gasteiger partial charge is 0.191 e. The van der Waals surface area contributed by atoms with Gasteiger partial charge < -0.3 is 15.0 Å². The molecule has 24 heavy (non-hydrogen) atoms. The monoisotopic (exact) mass is 459 g/mol. The Hall–Kier alpha value is -0.960. The van der Waals surface area contributed by atoms with Gasteiger partial charge in [0.25, 0.3) is 0 Å². The predicted octanol–water partition coefficient (Wildman–Crippen LogP) is 3.21. The Bertz CT molecular complexity index is 679. The van der Waals surface area contributed by atoms with Crippen molar-refractivity contribution in [1.29, 1.82) is 0 Å². The average Bonchev–Trinajstić information content (AvgIpc) is 3.18. The maximum atomic E-state index is 4.67. The third-order valence-electron chi connectivity index (χ3n) is 3.93. The van der Waals surface area contributed by atoms with Gasteiger partial charge in [-0.15, -0.1) is 24.0 Å². The number of nitrogens with zero attached hydrogens (tertiary/aromatic N) is 3. The SMILES string of the molecule is CCNC(=NCc1cn2ccc(C)cc2n1)NCC1CCCS1.I. The number of guanidine groups is 1. The quantitative estimate of drug-likeness (QED) is 0.410. The van der Waals surface area contributed by atoms with E-state index < -0.39 is 0 Å². The number of aromatic nitrogens is 2. The lowest BCUT2D eigenvalue weighted by molar-refractivity contribution is 0.726. The van der Waals surface area contributed by atoms with Gasteiger partial charge in [-0.3, -0.25) is 0 Å². The first-order valence-electron chi connectivity index (χ1n) is 8.32. The highest BCUT2D eigenvalue weighted by Crippen LogP contribution is 2.25. The van der Waals surface area contributed by atoms with Crippen molar-refractivity contribution in [2.45, 2.75) is 38.5 Å². The van der Waals surface area contributed by atoms with Crippen molar-refractivity contribution < 1.29 is 0 Å². The van der Waals surface area contributed by atoms with E-state index in [1.807, 2.05) is 10.6 Å². The second-order valence-electron chi connectivity index (χ2n) is 5.91. The van der Waals surface area contributed by atoms with E-state index in [2.05, 4.69) is 64.5 Å². The summed E-state index contributed by atoms with van der Waals surface area (Å²) in [6.07, 6.45) is 6.74. The minimum atomic E-state index is 0. The molecule has 2 aromatic heterocycles. The molecule has 3 rings (SSSR count). The highest BCUT2D eigenvalue weighted by molar-refractivity contribution is 14.0. The molecule has 1 saturated heterocycles. The fourth-order valence-electron chi connectivity index (χ4n) is 2.73. The molecule has 0 amide bonds. The third-order valence-corrected chi connectivity index (χ3v) is 5.33. The molecule has 132 valence electrons. The van der Waals surface area contributed by atoms with Gasteiger partial charge in [0.15, 0.2) is 5.96 Å². The molecule has 5 nitrogen and oxygen atoms in total. The molecule has 0 saturated carbocycles. The van der Waals surface area contributed by atoms with Crippen LogP contribution in [0.4, 0.5) is 0 Å². The molecule has 0 spiro atoms. The van der Waals surface area contributed by atoms with Crippen LogP contribution in [0.2, 0.25) is 0 Å². The van der Waals surface area contributed by atoms with Crippen molar-refractivity contribution in [1.82, 2.24) is 20.0 Å². The van der Waals surface area contributed by atoms with Crippen molar-refractivity contribution in [2.75, 3.05) is 18.8 Å². The molecule has 1 aliphatic rings. The number of pyridine rings is 1. The van der Waals surface area contributed by atoms with Crippen LogP contribution in [-0.2, 0) is 6.54 Å². The maximum Gasteiger partial charge on any atom is 0.191 e. The number of fused-ring (bicyclic) bond motifs is 1. The molecule has 1 aliphatic heterocycles. The van der Waals surface area contributed by atoms with E-state index in [9.17, 15) is 0 Å². The van der Waals surface area contributed by atoms with Crippen LogP contribution in [0.5, 0.6) is 0 Å². The molecule has 0 aromatic carbocycles. The van der Waals surface area contributed by atoms with Crippen LogP contribution in [0.3, 0.4) is 0 Å². The Morgan fingerprint density at radius 3 is 3.08 bits per heavy atom. The summed E-state index contributed by atoms with van der Waals surface area (Å²) < 4.78 is 2.05. The van der Waals surface area contributed by atoms with Gasteiger partial charge in [-0.1, -0.05) is 0 Å². The lowest BCUT2D eigenvalue weighted by Gasteiger charge is -2.14. The molecule has 3 heterocycles. The highest BCUT2D eigenvalue weighted by Gasteiger charge is 2.15. The second kappa shape index (κ2) is 9.50. The molecule has 0 bridgehead atoms. The van der Waals surface area contributed by atoms with E-state index in [1.165, 1.54) is 24.2 Å². The number of aliphatic imine (C=N–C) groups is 1. The van der Waals surface area contributed by atoms with Crippen molar-refractivity contribution in [3.8, 4) is 0 Å². The average molecular weight is 459 g/mol. The van der Waals surface area contributed by atoms with Gasteiger partial charge in [0.05, 0.1) is 12.2 Å². The number of thioether (sulfide) groups is 1. The summed E-state index contributed by atoms with van der Waals surface area (Å²) in [5.41, 5.74) is 3.20. The van der Waals surface area contributed by atoms with Crippen LogP contribution < -0.4 is 10.6 Å². The number of hydrogen-bond donors (Lipinski definition) is 2. The lowest BCUT2D eigenvalue weighted by atomic mass is 10.2. The summed E-state index contributed by atoms with van der Waals surface area (Å²) in [7, 11) is 0. The van der Waals surface area contributed by atoms with Gasteiger partial charge in [-0.05, 0) is 50.1 Å². The Labute approximate surface area is 165 Å². The third kappa shape index (κ3) is 5.27. The largest absolute Gasteiger partial charge is 0.357 e. The second-order valence-corrected chi connectivity index (χ2v) is 7.32. The minimum absolute atomic E-state index is 0. The molecule has 0 radical (unpaired) electrons. The van der Waals surface area contributed by atoms with Crippen molar-refractivity contribution in [2.24, 2.45) is 4.99 Å². The Balaban J connectivity index is 0.00000208. The van der Waals surface area contributed by atoms with E-state index in [-0.39, 0.29) is 24.0 Å². The fourth-order valence-corrected chi connectivity index (χ4v) is 3.93. The molecular weight excluding hydrogens is 433 g/mol. The minimum Gasteiger partial charge on any atom is -0.357 e. The molecule has 2 N–H and O–H groups in total. The molecule has 1 atom stereocenters. The standard InChI is InChI=1S/C17H25N5S.HI/c1-3-18-17(20-11-15-5-4-8-23-15)19-10-14-12-22-7-6-13(2)9-16(22)21-14;/h6-7,9,12,15H,3-5,8,10-11H2,1-2H3,(H2,18,19,20);1H. The molecule has 7 heteroatoms. The van der Waals surface area contributed by atoms with Crippen LogP contribution in [0.1, 0.15) is 31.0 Å². The Morgan fingerprint density at radius 1 is 1.46 bits per heavy atom. The number of aryl methyl sites for hydroxylation is 1. The Kier molecular flexibility index (Phi) is 7.67. The zero-order chi connectivity index (χ0) is 16.1. The molecule has 1 fully saturated rings. The molecule has 1 unspecified atom stereocenters. The number of rotatable bonds is 5. The van der Waals surface area contributed by atoms with Crippen LogP contribution in [0.15, 0.2) is 29.5 Å². The van der Waals surface area contributed by atoms with Crippen molar-refractivity contribution in [3.63, 3.8) is 0 Å². The van der Waals surface area contributed by atoms with E-state index in [0.29, 0.717) is 6.54 Å². The van der Waals surface area contributed by atoms with Gasteiger partial charge >= 0.3 is 0 Å². The van der Waals surface area contributed by atoms with Gasteiger partial charge in [-0.25, -0.2) is 9.98 Å². The predicted molar refractivity (Wildman–Crippen MR) is 114 cm³/mol. The Morgan fingerprint density at radius 2 is 2.33 bits per heavy atom. The van der Waals surface area contributed by atoms with Gasteiger partial charge in [0, 0.05) is 30.7 Å². The summed E-state index contributed by atoms with van der Waals surface area (Å²) in [4.78, 5) is 9.31. The first kappa shape index (κ1) is 19.4. The van der Waals surface area contributed by atoms with E-state index in [4.69, 9.17) is 0 Å². The van der Waals surface area contributed by atoms with Gasteiger partial charge in [0.1, 0.15) is 5.65 Å². The lowest BCUT2D eigenvalue weighted by Crippen LogP contribution is -2.40. The van der Waals surface area contributed by atoms with Crippen LogP contribution in [0, 0.1) is 6.92 Å². The summed E-state index contributed by atoms with van der Waals surface area (Å²) in [5, 5.41) is 7.49. The zero-order valence-corrected chi connectivity index (χ0v) is 17.4. The fraction of sp³-hybridized carbons (Fsp3) is 0.529. The summed E-state index contributed by atoms with van der Waals surface area (Å²) in [6.45, 7) is 6.62. The topological polar surface area (TPSA) is 53.7 Å². The summed E-state index contributed by atoms with van der Waals surface area (Å²) >= 11 is 2.06. The zero-order valence-electron chi connectivity index (χ0n) is 14.3. The first-order valence-corrected chi connectivity index (χ1v) is 9.37. The van der Waals surface area contributed by atoms with E-state index in [0.717, 1.165) is 35.6 Å². The summed E-state index contributed by atoms with van der Waals surface area (Å²) in [5.74, 6) is 2.17. The highest BCUT2D eigenvalue weighted by atomic mass is 127. The van der Waals surface area contributed by atoms with Gasteiger partial charge in [-0.2, -0.15) is 11.8 Å². The number of halogens is 1. The van der Waals surface area contributed by atoms with Gasteiger partial charge in [0.2, 0.25) is 0 Å². The van der Waals surface area contributed by atoms with E-state index in [1.54, 1.807) is 0 Å². The molecular formula is C17H26IN5S. The van der Waals surface area contributed by atoms with Crippen LogP contribution in [0.25, 0.3) is 5.65 Å². The van der Waals surface area contributed by atoms with Crippen molar-refractivity contribution >= 4 is 47.3 Å². The number of imidazole rings is 1. The van der Waals surface area contributed by atoms with Crippen LogP contribution >= 0.6 is 35.7 Å². The number of nitrogens with one attached hydrogen (secondary N) is 2.